The standard InChI is InChI=1S/C20H27N3O3S.2ClH/c1-21-11-14-5-4-8-23(12-14)19(24)10-16-13-27-20(22-16)15-6-7-17(25-2)18(9-15)26-3;;/h6-7,9,13-14,21H,4-5,8,10-12H2,1-3H3;2*1H. The van der Waals surface area contributed by atoms with Crippen molar-refractivity contribution in [2.75, 3.05) is 40.9 Å². The van der Waals surface area contributed by atoms with Crippen LogP contribution in [-0.2, 0) is 11.2 Å². The fourth-order valence-corrected chi connectivity index (χ4v) is 4.32. The van der Waals surface area contributed by atoms with Crippen molar-refractivity contribution in [1.82, 2.24) is 15.2 Å². The number of aromatic nitrogens is 1. The third-order valence-electron chi connectivity index (χ3n) is 4.88. The molecule has 0 spiro atoms. The van der Waals surface area contributed by atoms with Gasteiger partial charge in [-0.3, -0.25) is 4.79 Å². The fraction of sp³-hybridized carbons (Fsp3) is 0.500. The second kappa shape index (κ2) is 12.2. The van der Waals surface area contributed by atoms with Crippen molar-refractivity contribution in [3.8, 4) is 22.1 Å². The quantitative estimate of drug-likeness (QED) is 0.681. The van der Waals surface area contributed by atoms with Crippen LogP contribution in [0, 0.1) is 5.92 Å². The zero-order chi connectivity index (χ0) is 19.2. The number of rotatable bonds is 7. The average Bonchev–Trinajstić information content (AvgIpc) is 3.16. The summed E-state index contributed by atoms with van der Waals surface area (Å²) >= 11 is 1.54. The van der Waals surface area contributed by atoms with Gasteiger partial charge in [-0.15, -0.1) is 36.2 Å². The van der Waals surface area contributed by atoms with Crippen LogP contribution >= 0.6 is 36.2 Å². The minimum absolute atomic E-state index is 0. The van der Waals surface area contributed by atoms with Crippen LogP contribution in [0.3, 0.4) is 0 Å². The summed E-state index contributed by atoms with van der Waals surface area (Å²) in [6, 6.07) is 5.74. The molecule has 1 amide bonds. The van der Waals surface area contributed by atoms with Gasteiger partial charge in [-0.2, -0.15) is 0 Å². The number of benzene rings is 1. The first-order valence-corrected chi connectivity index (χ1v) is 10.1. The van der Waals surface area contributed by atoms with Gasteiger partial charge in [0.05, 0.1) is 26.3 Å². The van der Waals surface area contributed by atoms with Crippen LogP contribution in [0.5, 0.6) is 11.5 Å². The molecule has 162 valence electrons. The molecule has 1 atom stereocenters. The van der Waals surface area contributed by atoms with Gasteiger partial charge in [0.25, 0.3) is 0 Å². The number of amides is 1. The number of hydrogen-bond acceptors (Lipinski definition) is 6. The molecule has 3 rings (SSSR count). The lowest BCUT2D eigenvalue weighted by atomic mass is 9.97. The van der Waals surface area contributed by atoms with E-state index in [-0.39, 0.29) is 30.7 Å². The first kappa shape index (κ1) is 25.5. The normalized spacial score (nSPS) is 15.8. The second-order valence-corrected chi connectivity index (χ2v) is 7.65. The summed E-state index contributed by atoms with van der Waals surface area (Å²) < 4.78 is 10.6. The minimum Gasteiger partial charge on any atom is -0.493 e. The van der Waals surface area contributed by atoms with E-state index in [0.717, 1.165) is 42.3 Å². The molecule has 0 bridgehead atoms. The first-order valence-electron chi connectivity index (χ1n) is 9.23. The van der Waals surface area contributed by atoms with Gasteiger partial charge in [-0.1, -0.05) is 0 Å². The number of ether oxygens (including phenoxy) is 2. The number of nitrogens with one attached hydrogen (secondary N) is 1. The van der Waals surface area contributed by atoms with Crippen molar-refractivity contribution in [3.63, 3.8) is 0 Å². The smallest absolute Gasteiger partial charge is 0.228 e. The predicted octanol–water partition coefficient (Wildman–Crippen LogP) is 3.67. The second-order valence-electron chi connectivity index (χ2n) is 6.80. The Kier molecular flexibility index (Phi) is 10.7. The lowest BCUT2D eigenvalue weighted by molar-refractivity contribution is -0.132. The molecule has 0 radical (unpaired) electrons. The third kappa shape index (κ3) is 6.47. The average molecular weight is 462 g/mol. The number of nitrogens with zero attached hydrogens (tertiary/aromatic N) is 2. The zero-order valence-electron chi connectivity index (χ0n) is 17.0. The molecule has 1 aliphatic heterocycles. The van der Waals surface area contributed by atoms with Gasteiger partial charge in [0.15, 0.2) is 11.5 Å². The highest BCUT2D eigenvalue weighted by Gasteiger charge is 2.23. The van der Waals surface area contributed by atoms with Crippen LogP contribution in [0.25, 0.3) is 10.6 Å². The molecule has 29 heavy (non-hydrogen) atoms. The number of halogens is 2. The molecule has 2 aromatic rings. The number of carbonyl (C=O) groups excluding carboxylic acids is 1. The van der Waals surface area contributed by atoms with Gasteiger partial charge in [0.2, 0.25) is 5.91 Å². The molecule has 0 saturated carbocycles. The SMILES string of the molecule is CNCC1CCCN(C(=O)Cc2csc(-c3ccc(OC)c(OC)c3)n2)C1.Cl.Cl. The van der Waals surface area contributed by atoms with Crippen LogP contribution in [-0.4, -0.2) is 56.7 Å². The van der Waals surface area contributed by atoms with E-state index in [0.29, 0.717) is 23.8 Å². The highest BCUT2D eigenvalue weighted by Crippen LogP contribution is 2.33. The van der Waals surface area contributed by atoms with Crippen LogP contribution in [0.1, 0.15) is 18.5 Å². The molecule has 2 heterocycles. The molecule has 0 aliphatic carbocycles. The molecule has 1 aliphatic rings. The summed E-state index contributed by atoms with van der Waals surface area (Å²) in [6.45, 7) is 2.65. The molecule has 1 aromatic heterocycles. The lowest BCUT2D eigenvalue weighted by Gasteiger charge is -2.32. The van der Waals surface area contributed by atoms with E-state index >= 15 is 0 Å². The number of piperidine rings is 1. The van der Waals surface area contributed by atoms with E-state index < -0.39 is 0 Å². The van der Waals surface area contributed by atoms with Crippen molar-refractivity contribution in [2.24, 2.45) is 5.92 Å². The Morgan fingerprint density at radius 2 is 2.03 bits per heavy atom. The lowest BCUT2D eigenvalue weighted by Crippen LogP contribution is -2.43. The number of likely N-dealkylation sites (tertiary alicyclic amines) is 1. The molecule has 1 N–H and O–H groups in total. The van der Waals surface area contributed by atoms with Gasteiger partial charge in [0, 0.05) is 24.0 Å². The molecule has 1 unspecified atom stereocenters. The van der Waals surface area contributed by atoms with Gasteiger partial charge in [-0.25, -0.2) is 4.98 Å². The molecular formula is C20H29Cl2N3O3S. The summed E-state index contributed by atoms with van der Waals surface area (Å²) in [6.07, 6.45) is 2.62. The predicted molar refractivity (Wildman–Crippen MR) is 122 cm³/mol. The van der Waals surface area contributed by atoms with E-state index in [9.17, 15) is 4.79 Å². The van der Waals surface area contributed by atoms with Crippen molar-refractivity contribution < 1.29 is 14.3 Å². The third-order valence-corrected chi connectivity index (χ3v) is 5.82. The highest BCUT2D eigenvalue weighted by molar-refractivity contribution is 7.13. The van der Waals surface area contributed by atoms with Gasteiger partial charge in [0.1, 0.15) is 5.01 Å². The topological polar surface area (TPSA) is 63.7 Å². The minimum atomic E-state index is 0. The number of methoxy groups -OCH3 is 2. The summed E-state index contributed by atoms with van der Waals surface area (Å²) in [5.41, 5.74) is 1.79. The summed E-state index contributed by atoms with van der Waals surface area (Å²) in [7, 11) is 5.20. The van der Waals surface area contributed by atoms with Crippen molar-refractivity contribution in [3.05, 3.63) is 29.3 Å². The first-order chi connectivity index (χ1) is 13.1. The Morgan fingerprint density at radius 1 is 1.28 bits per heavy atom. The van der Waals surface area contributed by atoms with E-state index in [1.165, 1.54) is 6.42 Å². The van der Waals surface area contributed by atoms with E-state index in [1.54, 1.807) is 25.6 Å². The fourth-order valence-electron chi connectivity index (χ4n) is 3.50. The van der Waals surface area contributed by atoms with E-state index in [4.69, 9.17) is 9.47 Å². The van der Waals surface area contributed by atoms with Crippen molar-refractivity contribution in [1.29, 1.82) is 0 Å². The van der Waals surface area contributed by atoms with Crippen molar-refractivity contribution in [2.45, 2.75) is 19.3 Å². The highest BCUT2D eigenvalue weighted by atomic mass is 35.5. The Labute approximate surface area is 188 Å². The Bertz CT molecular complexity index is 786. The van der Waals surface area contributed by atoms with Crippen LogP contribution in [0.15, 0.2) is 23.6 Å². The number of hydrogen-bond donors (Lipinski definition) is 1. The van der Waals surface area contributed by atoms with Crippen LogP contribution in [0.4, 0.5) is 0 Å². The summed E-state index contributed by atoms with van der Waals surface area (Å²) in [5.74, 6) is 2.08. The zero-order valence-corrected chi connectivity index (χ0v) is 19.4. The van der Waals surface area contributed by atoms with Gasteiger partial charge in [-0.05, 0) is 50.6 Å². The maximum atomic E-state index is 12.7. The van der Waals surface area contributed by atoms with E-state index in [1.807, 2.05) is 35.5 Å². The summed E-state index contributed by atoms with van der Waals surface area (Å²) in [5, 5.41) is 6.07. The molecule has 1 aromatic carbocycles. The van der Waals surface area contributed by atoms with Crippen LogP contribution in [0.2, 0.25) is 0 Å². The summed E-state index contributed by atoms with van der Waals surface area (Å²) in [4.78, 5) is 19.3. The molecule has 9 heteroatoms. The molecular weight excluding hydrogens is 433 g/mol. The Morgan fingerprint density at radius 3 is 2.72 bits per heavy atom. The maximum absolute atomic E-state index is 12.7. The van der Waals surface area contributed by atoms with E-state index in [2.05, 4.69) is 10.3 Å². The molecule has 6 nitrogen and oxygen atoms in total. The monoisotopic (exact) mass is 461 g/mol. The maximum Gasteiger partial charge on any atom is 0.228 e. The molecule has 1 fully saturated rings. The van der Waals surface area contributed by atoms with Gasteiger partial charge < -0.3 is 19.7 Å². The van der Waals surface area contributed by atoms with Gasteiger partial charge >= 0.3 is 0 Å². The number of thiazole rings is 1. The number of carbonyl (C=O) groups is 1. The largest absolute Gasteiger partial charge is 0.493 e. The van der Waals surface area contributed by atoms with Crippen LogP contribution < -0.4 is 14.8 Å². The van der Waals surface area contributed by atoms with Crippen molar-refractivity contribution >= 4 is 42.1 Å². The molecule has 1 saturated heterocycles. The Hall–Kier alpha value is -1.54. The Balaban J connectivity index is 0.00000210.